The molecule has 0 fully saturated rings. The average Bonchev–Trinajstić information content (AvgIpc) is 3.13. The van der Waals surface area contributed by atoms with Crippen molar-refractivity contribution in [2.75, 3.05) is 19.0 Å². The summed E-state index contributed by atoms with van der Waals surface area (Å²) in [4.78, 5) is 12.3. The molecule has 1 amide bonds. The summed E-state index contributed by atoms with van der Waals surface area (Å²) in [6.07, 6.45) is -0.0644. The van der Waals surface area contributed by atoms with Gasteiger partial charge < -0.3 is 10.1 Å². The number of ether oxygens (including phenoxy) is 1. The van der Waals surface area contributed by atoms with Crippen molar-refractivity contribution < 1.29 is 17.9 Å². The molecule has 0 aliphatic rings. The van der Waals surface area contributed by atoms with Gasteiger partial charge in [-0.1, -0.05) is 17.7 Å². The van der Waals surface area contributed by atoms with E-state index in [1.807, 2.05) is 0 Å². The molecule has 1 aromatic heterocycles. The lowest BCUT2D eigenvalue weighted by atomic mass is 10.2. The summed E-state index contributed by atoms with van der Waals surface area (Å²) in [6, 6.07) is 10.9. The number of carbonyl (C=O) groups excluding carboxylic acids is 1. The predicted octanol–water partition coefficient (Wildman–Crippen LogP) is 1.94. The van der Waals surface area contributed by atoms with E-state index in [2.05, 4.69) is 25.6 Å². The van der Waals surface area contributed by atoms with Crippen molar-refractivity contribution in [2.24, 2.45) is 0 Å². The number of hydrogen-bond donors (Lipinski definition) is 2. The maximum Gasteiger partial charge on any atom is 0.240 e. The fourth-order valence-electron chi connectivity index (χ4n) is 2.63. The second-order valence-corrected chi connectivity index (χ2v) is 8.38. The van der Waals surface area contributed by atoms with Gasteiger partial charge in [0.2, 0.25) is 15.9 Å². The number of halogens is 1. The van der Waals surface area contributed by atoms with E-state index in [9.17, 15) is 13.2 Å². The topological polar surface area (TPSA) is 128 Å². The molecule has 0 spiro atoms. The van der Waals surface area contributed by atoms with Crippen LogP contribution in [0.4, 0.5) is 5.69 Å². The van der Waals surface area contributed by atoms with Crippen molar-refractivity contribution in [3.05, 3.63) is 53.3 Å². The average molecular weight is 451 g/mol. The lowest BCUT2D eigenvalue weighted by Gasteiger charge is -2.12. The Labute approximate surface area is 178 Å². The van der Waals surface area contributed by atoms with Crippen LogP contribution < -0.4 is 14.8 Å². The molecule has 10 nitrogen and oxygen atoms in total. The number of aryl methyl sites for hydroxylation is 1. The van der Waals surface area contributed by atoms with Gasteiger partial charge in [-0.2, -0.15) is 4.68 Å². The van der Waals surface area contributed by atoms with Crippen LogP contribution in [0.15, 0.2) is 47.4 Å². The molecule has 2 N–H and O–H groups in total. The van der Waals surface area contributed by atoms with E-state index in [4.69, 9.17) is 16.3 Å². The summed E-state index contributed by atoms with van der Waals surface area (Å²) < 4.78 is 33.7. The highest BCUT2D eigenvalue weighted by Crippen LogP contribution is 2.26. The van der Waals surface area contributed by atoms with Crippen molar-refractivity contribution in [1.29, 1.82) is 0 Å². The lowest BCUT2D eigenvalue weighted by Crippen LogP contribution is -2.27. The Bertz CT molecular complexity index is 1160. The Kier molecular flexibility index (Phi) is 6.65. The van der Waals surface area contributed by atoms with Crippen LogP contribution in [0.3, 0.4) is 0 Å². The highest BCUT2D eigenvalue weighted by molar-refractivity contribution is 7.89. The number of rotatable bonds is 8. The zero-order valence-electron chi connectivity index (χ0n) is 16.2. The molecule has 12 heteroatoms. The third-order valence-electron chi connectivity index (χ3n) is 4.07. The molecular formula is C18H19ClN6O4S. The summed E-state index contributed by atoms with van der Waals surface area (Å²) in [5.41, 5.74) is 1.04. The molecule has 1 heterocycles. The molecular weight excluding hydrogens is 432 g/mol. The number of hydrogen-bond acceptors (Lipinski definition) is 7. The molecule has 158 valence electrons. The van der Waals surface area contributed by atoms with Gasteiger partial charge in [0, 0.05) is 23.7 Å². The highest BCUT2D eigenvalue weighted by Gasteiger charge is 2.15. The van der Waals surface area contributed by atoms with Crippen molar-refractivity contribution in [2.45, 2.75) is 18.2 Å². The van der Waals surface area contributed by atoms with Crippen LogP contribution in [-0.4, -0.2) is 48.2 Å². The Morgan fingerprint density at radius 3 is 2.70 bits per heavy atom. The van der Waals surface area contributed by atoms with Gasteiger partial charge in [0.05, 0.1) is 12.0 Å². The minimum Gasteiger partial charge on any atom is -0.494 e. The van der Waals surface area contributed by atoms with Crippen molar-refractivity contribution in [1.82, 2.24) is 24.9 Å². The van der Waals surface area contributed by atoms with Crippen molar-refractivity contribution in [3.8, 4) is 11.4 Å². The van der Waals surface area contributed by atoms with E-state index in [1.54, 1.807) is 31.2 Å². The number of amides is 1. The molecule has 2 aromatic carbocycles. The largest absolute Gasteiger partial charge is 0.494 e. The molecule has 0 aliphatic carbocycles. The molecule has 0 bridgehead atoms. The van der Waals surface area contributed by atoms with Crippen LogP contribution in [0.1, 0.15) is 12.2 Å². The first kappa shape index (κ1) is 21.7. The number of anilines is 1. The van der Waals surface area contributed by atoms with Crippen LogP contribution in [0.2, 0.25) is 5.02 Å². The Hall–Kier alpha value is -3.02. The molecule has 0 saturated carbocycles. The van der Waals surface area contributed by atoms with Gasteiger partial charge >= 0.3 is 0 Å². The minimum absolute atomic E-state index is 0.0343. The van der Waals surface area contributed by atoms with Crippen LogP contribution in [0, 0.1) is 6.92 Å². The molecule has 3 rings (SSSR count). The summed E-state index contributed by atoms with van der Waals surface area (Å²) in [7, 11) is -2.24. The van der Waals surface area contributed by atoms with Crippen LogP contribution in [0.5, 0.6) is 5.75 Å². The summed E-state index contributed by atoms with van der Waals surface area (Å²) in [5.74, 6) is 0.707. The maximum absolute atomic E-state index is 12.3. The lowest BCUT2D eigenvalue weighted by molar-refractivity contribution is -0.116. The smallest absolute Gasteiger partial charge is 0.240 e. The third-order valence-corrected chi connectivity index (χ3v) is 5.76. The van der Waals surface area contributed by atoms with Gasteiger partial charge in [-0.3, -0.25) is 4.79 Å². The van der Waals surface area contributed by atoms with Gasteiger partial charge in [-0.15, -0.1) is 5.10 Å². The number of sulfonamides is 1. The van der Waals surface area contributed by atoms with Gasteiger partial charge in [-0.05, 0) is 53.7 Å². The number of nitrogens with one attached hydrogen (secondary N) is 2. The molecule has 0 atom stereocenters. The number of carbonyl (C=O) groups is 1. The van der Waals surface area contributed by atoms with Crippen LogP contribution in [-0.2, 0) is 14.8 Å². The van der Waals surface area contributed by atoms with E-state index in [1.165, 1.54) is 30.0 Å². The fourth-order valence-corrected chi connectivity index (χ4v) is 3.96. The number of tetrazole rings is 1. The Balaban J connectivity index is 1.63. The predicted molar refractivity (Wildman–Crippen MR) is 110 cm³/mol. The van der Waals surface area contributed by atoms with Crippen LogP contribution >= 0.6 is 11.6 Å². The van der Waals surface area contributed by atoms with E-state index in [-0.39, 0.29) is 23.8 Å². The highest BCUT2D eigenvalue weighted by atomic mass is 35.5. The fraction of sp³-hybridized carbons (Fsp3) is 0.222. The maximum atomic E-state index is 12.3. The van der Waals surface area contributed by atoms with Gasteiger partial charge in [0.15, 0.2) is 5.82 Å². The zero-order valence-corrected chi connectivity index (χ0v) is 17.7. The minimum atomic E-state index is -3.76. The second kappa shape index (κ2) is 9.20. The van der Waals surface area contributed by atoms with Crippen LogP contribution in [0.25, 0.3) is 5.69 Å². The van der Waals surface area contributed by atoms with E-state index in [0.717, 1.165) is 0 Å². The molecule has 3 aromatic rings. The molecule has 0 saturated heterocycles. The number of benzene rings is 2. The Morgan fingerprint density at radius 1 is 1.23 bits per heavy atom. The van der Waals surface area contributed by atoms with Crippen molar-refractivity contribution in [3.63, 3.8) is 0 Å². The summed E-state index contributed by atoms with van der Waals surface area (Å²) in [5, 5.41) is 14.4. The monoisotopic (exact) mass is 450 g/mol. The summed E-state index contributed by atoms with van der Waals surface area (Å²) in [6.45, 7) is 1.66. The quantitative estimate of drug-likeness (QED) is 0.536. The number of nitrogens with zero attached hydrogens (tertiary/aromatic N) is 4. The Morgan fingerprint density at radius 2 is 2.03 bits per heavy atom. The van der Waals surface area contributed by atoms with E-state index < -0.39 is 10.0 Å². The van der Waals surface area contributed by atoms with E-state index >= 15 is 0 Å². The SMILES string of the molecule is COc1ccc(NC(=O)CCNS(=O)(=O)c2cccc(Cl)c2)cc1-n1nnnc1C. The van der Waals surface area contributed by atoms with Gasteiger partial charge in [0.25, 0.3) is 0 Å². The molecule has 0 radical (unpaired) electrons. The molecule has 0 aliphatic heterocycles. The standard InChI is InChI=1S/C18H19ClN6O4S/c1-12-22-23-24-25(12)16-11-14(6-7-17(16)29-2)21-18(26)8-9-20-30(27,28)15-5-3-4-13(19)10-15/h3-7,10-11,20H,8-9H2,1-2H3,(H,21,26). The zero-order chi connectivity index (χ0) is 21.7. The summed E-state index contributed by atoms with van der Waals surface area (Å²) >= 11 is 5.83. The van der Waals surface area contributed by atoms with E-state index in [0.29, 0.717) is 28.0 Å². The first-order valence-electron chi connectivity index (χ1n) is 8.78. The normalized spacial score (nSPS) is 11.3. The third kappa shape index (κ3) is 5.12. The molecule has 0 unspecified atom stereocenters. The number of methoxy groups -OCH3 is 1. The number of aromatic nitrogens is 4. The molecule has 30 heavy (non-hydrogen) atoms. The first-order valence-corrected chi connectivity index (χ1v) is 10.6. The van der Waals surface area contributed by atoms with Gasteiger partial charge in [0.1, 0.15) is 11.4 Å². The first-order chi connectivity index (χ1) is 14.3. The second-order valence-electron chi connectivity index (χ2n) is 6.18. The van der Waals surface area contributed by atoms with Gasteiger partial charge in [-0.25, -0.2) is 13.1 Å². The van der Waals surface area contributed by atoms with Crippen molar-refractivity contribution >= 4 is 33.2 Å².